The third kappa shape index (κ3) is 4.20. The zero-order chi connectivity index (χ0) is 23.3. The molecule has 33 heavy (non-hydrogen) atoms. The topological polar surface area (TPSA) is 84.2 Å². The number of nitrogens with one attached hydrogen (secondary N) is 2. The number of aryl methyl sites for hydroxylation is 2. The van der Waals surface area contributed by atoms with Crippen molar-refractivity contribution in [2.45, 2.75) is 13.8 Å². The van der Waals surface area contributed by atoms with Crippen molar-refractivity contribution >= 4 is 89.8 Å². The van der Waals surface area contributed by atoms with Gasteiger partial charge in [0.15, 0.2) is 10.9 Å². The molecule has 3 heterocycles. The van der Waals surface area contributed by atoms with E-state index in [1.54, 1.807) is 22.7 Å². The number of amides is 1. The molecule has 0 bridgehead atoms. The van der Waals surface area contributed by atoms with Crippen LogP contribution in [0.1, 0.15) is 21.1 Å². The average molecular weight is 533 g/mol. The van der Waals surface area contributed by atoms with Crippen LogP contribution in [0.25, 0.3) is 25.6 Å². The van der Waals surface area contributed by atoms with Gasteiger partial charge < -0.3 is 5.32 Å². The van der Waals surface area contributed by atoms with Gasteiger partial charge >= 0.3 is 0 Å². The number of nitrogens with zero attached hydrogens (tertiary/aromatic N) is 4. The largest absolute Gasteiger partial charge is 0.332 e. The molecule has 0 unspecified atom stereocenters. The summed E-state index contributed by atoms with van der Waals surface area (Å²) < 4.78 is 2.54. The van der Waals surface area contributed by atoms with Crippen LogP contribution in [0, 0.1) is 13.8 Å². The van der Waals surface area contributed by atoms with Crippen molar-refractivity contribution in [1.82, 2.24) is 25.1 Å². The highest BCUT2D eigenvalue weighted by molar-refractivity contribution is 7.80. The van der Waals surface area contributed by atoms with Crippen molar-refractivity contribution in [1.29, 1.82) is 0 Å². The Morgan fingerprint density at radius 2 is 1.91 bits per heavy atom. The standard InChI is InChI=1S/C21H14Cl2N6OS3/c1-9-3-4-11(19-28-29-10(2)26-27-21(29)33-19)7-14(9)24-20(31)25-18(30)17-16(23)13-6-5-12(22)8-15(13)32-17/h3-8H,1-2H3,(H2,24,25,30,31). The van der Waals surface area contributed by atoms with Gasteiger partial charge in [0, 0.05) is 26.4 Å². The Kier molecular flexibility index (Phi) is 5.79. The number of hydrogen-bond acceptors (Lipinski definition) is 7. The smallest absolute Gasteiger partial charge is 0.269 e. The van der Waals surface area contributed by atoms with Crippen LogP contribution in [-0.4, -0.2) is 30.8 Å². The first kappa shape index (κ1) is 22.2. The minimum absolute atomic E-state index is 0.167. The molecule has 5 aromatic rings. The Morgan fingerprint density at radius 1 is 1.09 bits per heavy atom. The van der Waals surface area contributed by atoms with Crippen molar-refractivity contribution in [2.24, 2.45) is 0 Å². The van der Waals surface area contributed by atoms with Gasteiger partial charge in [-0.15, -0.1) is 21.5 Å². The quantitative estimate of drug-likeness (QED) is 0.272. The van der Waals surface area contributed by atoms with Crippen LogP contribution in [0.3, 0.4) is 0 Å². The molecule has 0 aliphatic heterocycles. The van der Waals surface area contributed by atoms with Crippen LogP contribution in [0.2, 0.25) is 10.0 Å². The number of thiophene rings is 1. The summed E-state index contributed by atoms with van der Waals surface area (Å²) in [5, 5.41) is 21.2. The average Bonchev–Trinajstić information content (AvgIpc) is 3.44. The minimum Gasteiger partial charge on any atom is -0.332 e. The summed E-state index contributed by atoms with van der Waals surface area (Å²) in [5.74, 6) is 0.344. The Balaban J connectivity index is 1.36. The normalized spacial score (nSPS) is 11.3. The van der Waals surface area contributed by atoms with E-state index in [1.807, 2.05) is 32.0 Å². The first-order chi connectivity index (χ1) is 15.8. The molecule has 0 aliphatic rings. The van der Waals surface area contributed by atoms with E-state index >= 15 is 0 Å². The number of carbonyl (C=O) groups is 1. The van der Waals surface area contributed by atoms with Gasteiger partial charge in [-0.1, -0.05) is 52.7 Å². The number of rotatable bonds is 3. The molecule has 0 atom stereocenters. The molecule has 2 N–H and O–H groups in total. The van der Waals surface area contributed by atoms with Crippen molar-refractivity contribution in [3.05, 3.63) is 62.7 Å². The van der Waals surface area contributed by atoms with E-state index in [-0.39, 0.29) is 11.0 Å². The maximum Gasteiger partial charge on any atom is 0.269 e. The molecule has 3 aromatic heterocycles. The Bertz CT molecular complexity index is 1570. The Labute approximate surface area is 211 Å². The molecule has 0 fully saturated rings. The monoisotopic (exact) mass is 532 g/mol. The summed E-state index contributed by atoms with van der Waals surface area (Å²) in [6.45, 7) is 3.80. The van der Waals surface area contributed by atoms with Gasteiger partial charge in [0.05, 0.1) is 5.02 Å². The number of hydrogen-bond donors (Lipinski definition) is 2. The second-order valence-corrected chi connectivity index (χ2v) is 10.4. The zero-order valence-corrected chi connectivity index (χ0v) is 21.1. The Morgan fingerprint density at radius 3 is 2.70 bits per heavy atom. The fourth-order valence-corrected chi connectivity index (χ4v) is 5.99. The van der Waals surface area contributed by atoms with E-state index in [4.69, 9.17) is 35.4 Å². The van der Waals surface area contributed by atoms with Gasteiger partial charge in [-0.3, -0.25) is 10.1 Å². The SMILES string of the molecule is Cc1ccc(-c2nn3c(C)nnc3s2)cc1NC(=S)NC(=O)c1sc2cc(Cl)ccc2c1Cl. The number of halogens is 2. The van der Waals surface area contributed by atoms with Crippen molar-refractivity contribution in [3.63, 3.8) is 0 Å². The van der Waals surface area contributed by atoms with E-state index in [1.165, 1.54) is 22.7 Å². The summed E-state index contributed by atoms with van der Waals surface area (Å²) >= 11 is 20.6. The maximum atomic E-state index is 12.8. The zero-order valence-electron chi connectivity index (χ0n) is 17.1. The van der Waals surface area contributed by atoms with E-state index in [9.17, 15) is 4.79 Å². The molecular weight excluding hydrogens is 519 g/mol. The minimum atomic E-state index is -0.382. The number of carbonyl (C=O) groups excluding carboxylic acids is 1. The number of fused-ring (bicyclic) bond motifs is 2. The van der Waals surface area contributed by atoms with E-state index in [0.29, 0.717) is 14.9 Å². The van der Waals surface area contributed by atoms with Crippen LogP contribution in [0.15, 0.2) is 36.4 Å². The van der Waals surface area contributed by atoms with Crippen molar-refractivity contribution < 1.29 is 4.79 Å². The third-order valence-corrected chi connectivity index (χ3v) is 7.95. The highest BCUT2D eigenvalue weighted by Gasteiger charge is 2.19. The van der Waals surface area contributed by atoms with Gasteiger partial charge in [0.2, 0.25) is 4.96 Å². The lowest BCUT2D eigenvalue weighted by atomic mass is 10.1. The molecule has 5 rings (SSSR count). The summed E-state index contributed by atoms with van der Waals surface area (Å²) in [4.78, 5) is 13.9. The predicted octanol–water partition coefficient (Wildman–Crippen LogP) is 6.12. The summed E-state index contributed by atoms with van der Waals surface area (Å²) in [6.07, 6.45) is 0. The number of thiocarbonyl (C=S) groups is 1. The summed E-state index contributed by atoms with van der Waals surface area (Å²) in [6, 6.07) is 11.2. The first-order valence-corrected chi connectivity index (χ1v) is 12.4. The fraction of sp³-hybridized carbons (Fsp3) is 0.0952. The molecule has 0 spiro atoms. The number of anilines is 1. The molecular formula is C21H14Cl2N6OS3. The lowest BCUT2D eigenvalue weighted by Crippen LogP contribution is -2.34. The molecule has 0 radical (unpaired) electrons. The van der Waals surface area contributed by atoms with Crippen molar-refractivity contribution in [3.8, 4) is 10.6 Å². The first-order valence-electron chi connectivity index (χ1n) is 9.60. The number of benzene rings is 2. The molecule has 7 nitrogen and oxygen atoms in total. The second-order valence-electron chi connectivity index (χ2n) is 7.17. The van der Waals surface area contributed by atoms with Gasteiger partial charge in [-0.2, -0.15) is 9.61 Å². The third-order valence-electron chi connectivity index (χ3n) is 4.90. The Hall–Kier alpha value is -2.63. The molecule has 12 heteroatoms. The molecule has 0 saturated carbocycles. The van der Waals surface area contributed by atoms with Crippen LogP contribution in [0.5, 0.6) is 0 Å². The molecule has 166 valence electrons. The summed E-state index contributed by atoms with van der Waals surface area (Å²) in [7, 11) is 0. The highest BCUT2D eigenvalue weighted by Crippen LogP contribution is 2.36. The highest BCUT2D eigenvalue weighted by atomic mass is 35.5. The van der Waals surface area contributed by atoms with Crippen LogP contribution in [-0.2, 0) is 0 Å². The number of aromatic nitrogens is 4. The van der Waals surface area contributed by atoms with Gasteiger partial charge in [-0.25, -0.2) is 0 Å². The lowest BCUT2D eigenvalue weighted by Gasteiger charge is -2.12. The van der Waals surface area contributed by atoms with Crippen LogP contribution >= 0.6 is 58.1 Å². The molecule has 0 saturated heterocycles. The van der Waals surface area contributed by atoms with E-state index in [0.717, 1.165) is 42.7 Å². The molecule has 0 aliphatic carbocycles. The van der Waals surface area contributed by atoms with Gasteiger partial charge in [0.1, 0.15) is 9.88 Å². The van der Waals surface area contributed by atoms with Crippen LogP contribution in [0.4, 0.5) is 5.69 Å². The van der Waals surface area contributed by atoms with E-state index in [2.05, 4.69) is 25.9 Å². The predicted molar refractivity (Wildman–Crippen MR) is 139 cm³/mol. The fourth-order valence-electron chi connectivity index (χ4n) is 3.22. The van der Waals surface area contributed by atoms with Gasteiger partial charge in [0.25, 0.3) is 5.91 Å². The van der Waals surface area contributed by atoms with Gasteiger partial charge in [-0.05, 0) is 49.8 Å². The van der Waals surface area contributed by atoms with E-state index < -0.39 is 0 Å². The summed E-state index contributed by atoms with van der Waals surface area (Å²) in [5.41, 5.74) is 2.62. The second kappa shape index (κ2) is 8.62. The lowest BCUT2D eigenvalue weighted by molar-refractivity contribution is 0.0982. The molecule has 1 amide bonds. The maximum absolute atomic E-state index is 12.8. The van der Waals surface area contributed by atoms with Crippen molar-refractivity contribution in [2.75, 3.05) is 5.32 Å². The molecule has 2 aromatic carbocycles. The van der Waals surface area contributed by atoms with Crippen LogP contribution < -0.4 is 10.6 Å².